The fourth-order valence-corrected chi connectivity index (χ4v) is 3.29. The van der Waals surface area contributed by atoms with Gasteiger partial charge in [0.2, 0.25) is 5.91 Å². The summed E-state index contributed by atoms with van der Waals surface area (Å²) < 4.78 is 0. The highest BCUT2D eigenvalue weighted by molar-refractivity contribution is 8.05. The van der Waals surface area contributed by atoms with Crippen molar-refractivity contribution < 1.29 is 4.79 Å². The van der Waals surface area contributed by atoms with Gasteiger partial charge in [0, 0.05) is 6.08 Å². The fraction of sp³-hybridized carbons (Fsp3) is 0.286. The number of nitrogens with zero attached hydrogens (tertiary/aromatic N) is 1. The normalized spacial score (nSPS) is 21.2. The third-order valence-corrected chi connectivity index (χ3v) is 4.24. The average Bonchev–Trinajstić information content (AvgIpc) is 2.94. The molecule has 1 unspecified atom stereocenters. The molecule has 2 aromatic rings. The van der Waals surface area contributed by atoms with Crippen LogP contribution in [-0.2, 0) is 4.79 Å². The van der Waals surface area contributed by atoms with Gasteiger partial charge in [-0.2, -0.15) is 0 Å². The van der Waals surface area contributed by atoms with Crippen LogP contribution in [0.2, 0.25) is 0 Å². The first kappa shape index (κ1) is 12.3. The maximum absolute atomic E-state index is 11.7. The first-order chi connectivity index (χ1) is 9.26. The van der Waals surface area contributed by atoms with Gasteiger partial charge in [-0.3, -0.25) is 4.79 Å². The molecule has 1 fully saturated rings. The van der Waals surface area contributed by atoms with E-state index in [2.05, 4.69) is 22.2 Å². The number of hydrogen-bond acceptors (Lipinski definition) is 3. The van der Waals surface area contributed by atoms with Gasteiger partial charge in [0.05, 0.1) is 21.3 Å². The van der Waals surface area contributed by atoms with E-state index in [0.29, 0.717) is 0 Å². The third-order valence-electron chi connectivity index (χ3n) is 3.03. The first-order valence-corrected chi connectivity index (χ1v) is 7.28. The standard InChI is InChI=1S/C14H15N3OS/c1-2-5-11-14(18)17-13(19-11)8-12-15-9-6-3-4-7-10(9)16-12/h3-4,6-8,11H,2,5H2,1H3,(H,15,16)(H,17,18)/b13-8+. The van der Waals surface area contributed by atoms with E-state index in [4.69, 9.17) is 0 Å². The number of benzene rings is 1. The first-order valence-electron chi connectivity index (χ1n) is 6.40. The number of para-hydroxylation sites is 2. The molecule has 1 aliphatic heterocycles. The minimum atomic E-state index is 0.0422. The summed E-state index contributed by atoms with van der Waals surface area (Å²) in [5.74, 6) is 0.885. The van der Waals surface area contributed by atoms with Crippen LogP contribution in [0.3, 0.4) is 0 Å². The van der Waals surface area contributed by atoms with Crippen LogP contribution in [-0.4, -0.2) is 21.1 Å². The van der Waals surface area contributed by atoms with Crippen molar-refractivity contribution in [1.82, 2.24) is 15.3 Å². The van der Waals surface area contributed by atoms with Crippen molar-refractivity contribution in [1.29, 1.82) is 0 Å². The Morgan fingerprint density at radius 1 is 1.42 bits per heavy atom. The molecule has 98 valence electrons. The van der Waals surface area contributed by atoms with Gasteiger partial charge in [0.15, 0.2) is 0 Å². The Bertz CT molecular complexity index is 614. The molecule has 19 heavy (non-hydrogen) atoms. The molecular weight excluding hydrogens is 258 g/mol. The van der Waals surface area contributed by atoms with E-state index in [1.165, 1.54) is 0 Å². The molecule has 1 aromatic heterocycles. The fourth-order valence-electron chi connectivity index (χ4n) is 2.13. The summed E-state index contributed by atoms with van der Waals surface area (Å²) in [4.78, 5) is 19.4. The summed E-state index contributed by atoms with van der Waals surface area (Å²) in [5.41, 5.74) is 1.95. The van der Waals surface area contributed by atoms with Gasteiger partial charge in [-0.05, 0) is 18.6 Å². The number of aromatic nitrogens is 2. The zero-order valence-corrected chi connectivity index (χ0v) is 11.5. The van der Waals surface area contributed by atoms with E-state index >= 15 is 0 Å². The van der Waals surface area contributed by atoms with Gasteiger partial charge < -0.3 is 10.3 Å². The molecule has 2 N–H and O–H groups in total. The largest absolute Gasteiger partial charge is 0.338 e. The number of H-pyrrole nitrogens is 1. The molecular formula is C14H15N3OS. The van der Waals surface area contributed by atoms with Crippen molar-refractivity contribution in [2.24, 2.45) is 0 Å². The van der Waals surface area contributed by atoms with Gasteiger partial charge >= 0.3 is 0 Å². The molecule has 1 aliphatic rings. The molecule has 0 aliphatic carbocycles. The molecule has 1 amide bonds. The van der Waals surface area contributed by atoms with Crippen LogP contribution in [0.4, 0.5) is 0 Å². The summed E-state index contributed by atoms with van der Waals surface area (Å²) in [6.07, 6.45) is 3.83. The van der Waals surface area contributed by atoms with Crippen molar-refractivity contribution in [3.8, 4) is 0 Å². The summed E-state index contributed by atoms with van der Waals surface area (Å²) >= 11 is 1.59. The maximum atomic E-state index is 11.7. The van der Waals surface area contributed by atoms with Crippen LogP contribution in [0, 0.1) is 0 Å². The highest BCUT2D eigenvalue weighted by Crippen LogP contribution is 2.31. The minimum absolute atomic E-state index is 0.0422. The van der Waals surface area contributed by atoms with E-state index in [1.54, 1.807) is 11.8 Å². The van der Waals surface area contributed by atoms with Crippen LogP contribution in [0.25, 0.3) is 17.1 Å². The second-order valence-corrected chi connectivity index (χ2v) is 5.78. The molecule has 0 saturated carbocycles. The number of aromatic amines is 1. The van der Waals surface area contributed by atoms with E-state index in [0.717, 1.165) is 34.7 Å². The van der Waals surface area contributed by atoms with Gasteiger partial charge in [-0.15, -0.1) is 0 Å². The molecule has 1 aromatic carbocycles. The molecule has 0 spiro atoms. The van der Waals surface area contributed by atoms with E-state index in [-0.39, 0.29) is 11.2 Å². The Kier molecular flexibility index (Phi) is 3.29. The molecule has 5 heteroatoms. The highest BCUT2D eigenvalue weighted by Gasteiger charge is 2.27. The summed E-state index contributed by atoms with van der Waals surface area (Å²) in [6.45, 7) is 2.09. The lowest BCUT2D eigenvalue weighted by atomic mass is 10.2. The van der Waals surface area contributed by atoms with Crippen LogP contribution >= 0.6 is 11.8 Å². The van der Waals surface area contributed by atoms with Crippen molar-refractivity contribution in [2.75, 3.05) is 0 Å². The van der Waals surface area contributed by atoms with Gasteiger partial charge in [-0.25, -0.2) is 4.98 Å². The topological polar surface area (TPSA) is 57.8 Å². The van der Waals surface area contributed by atoms with Crippen molar-refractivity contribution >= 4 is 34.8 Å². The lowest BCUT2D eigenvalue weighted by Crippen LogP contribution is -2.21. The van der Waals surface area contributed by atoms with E-state index in [9.17, 15) is 4.79 Å². The Hall–Kier alpha value is -1.75. The highest BCUT2D eigenvalue weighted by atomic mass is 32.2. The quantitative estimate of drug-likeness (QED) is 0.904. The number of imidazole rings is 1. The van der Waals surface area contributed by atoms with Crippen molar-refractivity contribution in [2.45, 2.75) is 25.0 Å². The Labute approximate surface area is 115 Å². The zero-order chi connectivity index (χ0) is 13.2. The lowest BCUT2D eigenvalue weighted by molar-refractivity contribution is -0.119. The average molecular weight is 273 g/mol. The van der Waals surface area contributed by atoms with Crippen LogP contribution in [0.5, 0.6) is 0 Å². The molecule has 0 radical (unpaired) electrons. The predicted molar refractivity (Wildman–Crippen MR) is 78.5 cm³/mol. The molecule has 4 nitrogen and oxygen atoms in total. The number of fused-ring (bicyclic) bond motifs is 1. The van der Waals surface area contributed by atoms with Crippen LogP contribution in [0.1, 0.15) is 25.6 Å². The number of nitrogens with one attached hydrogen (secondary N) is 2. The number of thioether (sulfide) groups is 1. The number of amides is 1. The minimum Gasteiger partial charge on any atom is -0.338 e. The summed E-state index contributed by atoms with van der Waals surface area (Å²) in [5, 5.41) is 3.83. The summed E-state index contributed by atoms with van der Waals surface area (Å²) in [7, 11) is 0. The number of carbonyl (C=O) groups is 1. The van der Waals surface area contributed by atoms with Gasteiger partial charge in [-0.1, -0.05) is 37.2 Å². The van der Waals surface area contributed by atoms with Crippen molar-refractivity contribution in [3.05, 3.63) is 35.1 Å². The Morgan fingerprint density at radius 3 is 3.05 bits per heavy atom. The SMILES string of the molecule is CCCC1S/C(=C/c2nc3ccccc3[nH]2)NC1=O. The van der Waals surface area contributed by atoms with Gasteiger partial charge in [0.1, 0.15) is 5.82 Å². The molecule has 1 saturated heterocycles. The molecule has 2 heterocycles. The molecule has 1 atom stereocenters. The van der Waals surface area contributed by atoms with E-state index in [1.807, 2.05) is 30.3 Å². The van der Waals surface area contributed by atoms with Crippen molar-refractivity contribution in [3.63, 3.8) is 0 Å². The third kappa shape index (κ3) is 2.51. The number of hydrogen-bond donors (Lipinski definition) is 2. The summed E-state index contributed by atoms with van der Waals surface area (Å²) in [6, 6.07) is 7.89. The molecule has 0 bridgehead atoms. The monoisotopic (exact) mass is 273 g/mol. The maximum Gasteiger partial charge on any atom is 0.238 e. The Morgan fingerprint density at radius 2 is 2.26 bits per heavy atom. The number of carbonyl (C=O) groups excluding carboxylic acids is 1. The van der Waals surface area contributed by atoms with Crippen LogP contribution in [0.15, 0.2) is 29.3 Å². The molecule has 3 rings (SSSR count). The van der Waals surface area contributed by atoms with Gasteiger partial charge in [0.25, 0.3) is 0 Å². The predicted octanol–water partition coefficient (Wildman–Crippen LogP) is 2.89. The number of rotatable bonds is 3. The second-order valence-electron chi connectivity index (χ2n) is 4.53. The Balaban J connectivity index is 1.84. The van der Waals surface area contributed by atoms with E-state index < -0.39 is 0 Å². The lowest BCUT2D eigenvalue weighted by Gasteiger charge is -2.00. The zero-order valence-electron chi connectivity index (χ0n) is 10.6. The van der Waals surface area contributed by atoms with Crippen LogP contribution < -0.4 is 5.32 Å². The smallest absolute Gasteiger partial charge is 0.238 e. The second kappa shape index (κ2) is 5.09.